The van der Waals surface area contributed by atoms with E-state index in [0.717, 1.165) is 5.56 Å². The van der Waals surface area contributed by atoms with Gasteiger partial charge in [0.25, 0.3) is 0 Å². The average Bonchev–Trinajstić information content (AvgIpc) is 3.42. The molecule has 1 aromatic rings. The SMILES string of the molecule is CCOC(=O)[C@H](CCc1ccccc1)N[C@@H](C)C(=O)N1CCC[C@H]1C(=O)OCC(=O)[C@@H](O)[C@H](O)[C@H](O)CO. The van der Waals surface area contributed by atoms with E-state index in [1.165, 1.54) is 4.90 Å². The van der Waals surface area contributed by atoms with Crippen molar-refractivity contribution < 1.29 is 49.1 Å². The lowest BCUT2D eigenvalue weighted by Crippen LogP contribution is -2.53. The number of nitrogens with zero attached hydrogens (tertiary/aromatic N) is 1. The summed E-state index contributed by atoms with van der Waals surface area (Å²) in [6.45, 7) is 1.99. The molecule has 38 heavy (non-hydrogen) atoms. The third-order valence-electron chi connectivity index (χ3n) is 6.36. The van der Waals surface area contributed by atoms with E-state index in [1.54, 1.807) is 13.8 Å². The normalized spacial score (nSPS) is 19.2. The van der Waals surface area contributed by atoms with Crippen molar-refractivity contribution in [2.45, 2.75) is 76.0 Å². The maximum Gasteiger partial charge on any atom is 0.329 e. The van der Waals surface area contributed by atoms with Gasteiger partial charge >= 0.3 is 11.9 Å². The summed E-state index contributed by atoms with van der Waals surface area (Å²) in [6, 6.07) is 7.04. The number of nitrogens with one attached hydrogen (secondary N) is 1. The summed E-state index contributed by atoms with van der Waals surface area (Å²) in [5, 5.41) is 40.7. The highest BCUT2D eigenvalue weighted by Crippen LogP contribution is 2.20. The van der Waals surface area contributed by atoms with Gasteiger partial charge in [0.2, 0.25) is 11.7 Å². The quantitative estimate of drug-likeness (QED) is 0.167. The van der Waals surface area contributed by atoms with Gasteiger partial charge in [-0.15, -0.1) is 0 Å². The van der Waals surface area contributed by atoms with Crippen LogP contribution >= 0.6 is 0 Å². The van der Waals surface area contributed by atoms with Gasteiger partial charge < -0.3 is 34.8 Å². The summed E-state index contributed by atoms with van der Waals surface area (Å²) in [5.74, 6) is -2.83. The van der Waals surface area contributed by atoms with Crippen LogP contribution in [0, 0.1) is 0 Å². The molecule has 1 fully saturated rings. The van der Waals surface area contributed by atoms with E-state index in [4.69, 9.17) is 14.6 Å². The van der Waals surface area contributed by atoms with Gasteiger partial charge in [0.05, 0.1) is 19.3 Å². The number of esters is 2. The van der Waals surface area contributed by atoms with E-state index < -0.39 is 73.3 Å². The van der Waals surface area contributed by atoms with Gasteiger partial charge in [-0.25, -0.2) is 4.79 Å². The number of hydrogen-bond donors (Lipinski definition) is 5. The molecule has 0 bridgehead atoms. The van der Waals surface area contributed by atoms with Gasteiger partial charge in [0.15, 0.2) is 6.61 Å². The van der Waals surface area contributed by atoms with Crippen LogP contribution in [0.3, 0.4) is 0 Å². The molecule has 1 heterocycles. The summed E-state index contributed by atoms with van der Waals surface area (Å²) in [4.78, 5) is 51.8. The van der Waals surface area contributed by atoms with E-state index >= 15 is 0 Å². The number of benzene rings is 1. The zero-order valence-electron chi connectivity index (χ0n) is 21.7. The monoisotopic (exact) mass is 538 g/mol. The average molecular weight is 539 g/mol. The third-order valence-corrected chi connectivity index (χ3v) is 6.36. The first-order chi connectivity index (χ1) is 18.1. The number of aliphatic hydroxyl groups is 4. The number of likely N-dealkylation sites (tertiary alicyclic amines) is 1. The lowest BCUT2D eigenvalue weighted by molar-refractivity contribution is -0.160. The molecule has 0 radical (unpaired) electrons. The molecule has 212 valence electrons. The molecule has 0 unspecified atom stereocenters. The van der Waals surface area contributed by atoms with E-state index in [1.807, 2.05) is 30.3 Å². The summed E-state index contributed by atoms with van der Waals surface area (Å²) < 4.78 is 10.1. The maximum atomic E-state index is 13.2. The van der Waals surface area contributed by atoms with Crippen LogP contribution in [-0.4, -0.2) is 112 Å². The number of amides is 1. The molecule has 1 aliphatic heterocycles. The molecule has 0 aliphatic carbocycles. The minimum Gasteiger partial charge on any atom is -0.465 e. The predicted octanol–water partition coefficient (Wildman–Crippen LogP) is -1.29. The minimum absolute atomic E-state index is 0.189. The first kappa shape index (κ1) is 31.3. The van der Waals surface area contributed by atoms with Crippen LogP contribution < -0.4 is 5.32 Å². The maximum absolute atomic E-state index is 13.2. The van der Waals surface area contributed by atoms with Gasteiger partial charge in [-0.2, -0.15) is 0 Å². The van der Waals surface area contributed by atoms with Gasteiger partial charge in [-0.05, 0) is 45.1 Å². The highest BCUT2D eigenvalue weighted by Gasteiger charge is 2.39. The fourth-order valence-electron chi connectivity index (χ4n) is 4.20. The number of hydrogen-bond acceptors (Lipinski definition) is 11. The molecule has 2 rings (SSSR count). The zero-order valence-corrected chi connectivity index (χ0v) is 21.7. The first-order valence-electron chi connectivity index (χ1n) is 12.7. The molecular weight excluding hydrogens is 500 g/mol. The van der Waals surface area contributed by atoms with Crippen LogP contribution in [0.5, 0.6) is 0 Å². The van der Waals surface area contributed by atoms with E-state index in [2.05, 4.69) is 5.32 Å². The van der Waals surface area contributed by atoms with Crippen molar-refractivity contribution in [1.82, 2.24) is 10.2 Å². The Hall–Kier alpha value is -2.90. The lowest BCUT2D eigenvalue weighted by Gasteiger charge is -2.28. The summed E-state index contributed by atoms with van der Waals surface area (Å²) >= 11 is 0. The highest BCUT2D eigenvalue weighted by atomic mass is 16.5. The highest BCUT2D eigenvalue weighted by molar-refractivity contribution is 5.90. The smallest absolute Gasteiger partial charge is 0.329 e. The second kappa shape index (κ2) is 15.5. The van der Waals surface area contributed by atoms with Crippen molar-refractivity contribution >= 4 is 23.6 Å². The van der Waals surface area contributed by atoms with Crippen LogP contribution in [0.1, 0.15) is 38.7 Å². The van der Waals surface area contributed by atoms with Gasteiger partial charge in [0, 0.05) is 6.54 Å². The number of Topliss-reactive ketones (excluding diaryl/α,β-unsaturated/α-hetero) is 1. The zero-order chi connectivity index (χ0) is 28.2. The Morgan fingerprint density at radius 2 is 1.79 bits per heavy atom. The Morgan fingerprint density at radius 1 is 1.11 bits per heavy atom. The summed E-state index contributed by atoms with van der Waals surface area (Å²) in [6.07, 6.45) is -3.95. The van der Waals surface area contributed by atoms with Crippen molar-refractivity contribution in [2.75, 3.05) is 26.4 Å². The van der Waals surface area contributed by atoms with Crippen molar-refractivity contribution in [2.24, 2.45) is 0 Å². The van der Waals surface area contributed by atoms with Crippen LogP contribution in [0.15, 0.2) is 30.3 Å². The Balaban J connectivity index is 1.97. The Bertz CT molecular complexity index is 928. The fraction of sp³-hybridized carbons (Fsp3) is 0.615. The lowest BCUT2D eigenvalue weighted by atomic mass is 10.0. The topological polar surface area (TPSA) is 183 Å². The van der Waals surface area contributed by atoms with E-state index in [0.29, 0.717) is 25.7 Å². The number of carbonyl (C=O) groups is 4. The standard InChI is InChI=1S/C26H38N2O10/c1-3-37-25(35)18(12-11-17-8-5-4-6-9-17)27-16(2)24(34)28-13-7-10-19(28)26(36)38-15-21(31)23(33)22(32)20(30)14-29/h4-6,8-9,16,18-20,22-23,27,29-30,32-33H,3,7,10-15H2,1-2H3/t16-,18-,19-,20+,22+,23+/m0/s1. The number of aliphatic hydroxyl groups excluding tert-OH is 4. The molecule has 5 N–H and O–H groups in total. The van der Waals surface area contributed by atoms with Crippen molar-refractivity contribution in [1.29, 1.82) is 0 Å². The number of aryl methyl sites for hydroxylation is 1. The molecule has 0 saturated carbocycles. The molecule has 12 nitrogen and oxygen atoms in total. The Morgan fingerprint density at radius 3 is 2.42 bits per heavy atom. The van der Waals surface area contributed by atoms with Crippen LogP contribution in [0.2, 0.25) is 0 Å². The molecule has 0 aromatic heterocycles. The van der Waals surface area contributed by atoms with Crippen LogP contribution in [0.4, 0.5) is 0 Å². The Kier molecular flexibility index (Phi) is 12.8. The van der Waals surface area contributed by atoms with Crippen molar-refractivity contribution in [3.63, 3.8) is 0 Å². The fourth-order valence-corrected chi connectivity index (χ4v) is 4.20. The van der Waals surface area contributed by atoms with Crippen molar-refractivity contribution in [3.05, 3.63) is 35.9 Å². The Labute approximate surface area is 221 Å². The first-order valence-corrected chi connectivity index (χ1v) is 12.7. The molecular formula is C26H38N2O10. The number of rotatable bonds is 15. The molecule has 12 heteroatoms. The van der Waals surface area contributed by atoms with Gasteiger partial charge in [-0.3, -0.25) is 19.7 Å². The number of carbonyl (C=O) groups excluding carboxylic acids is 4. The van der Waals surface area contributed by atoms with Gasteiger partial charge in [0.1, 0.15) is 30.4 Å². The second-order valence-corrected chi connectivity index (χ2v) is 9.17. The van der Waals surface area contributed by atoms with Crippen LogP contribution in [0.25, 0.3) is 0 Å². The summed E-state index contributed by atoms with van der Waals surface area (Å²) in [7, 11) is 0. The second-order valence-electron chi connectivity index (χ2n) is 9.17. The molecule has 1 aromatic carbocycles. The minimum atomic E-state index is -2.06. The summed E-state index contributed by atoms with van der Waals surface area (Å²) in [5.41, 5.74) is 1.03. The molecule has 1 saturated heterocycles. The molecule has 0 spiro atoms. The van der Waals surface area contributed by atoms with E-state index in [-0.39, 0.29) is 13.2 Å². The molecule has 1 amide bonds. The van der Waals surface area contributed by atoms with Crippen LogP contribution in [-0.2, 0) is 35.1 Å². The predicted molar refractivity (Wildman–Crippen MR) is 134 cm³/mol. The molecule has 1 aliphatic rings. The number of ether oxygens (including phenoxy) is 2. The van der Waals surface area contributed by atoms with E-state index in [9.17, 15) is 34.5 Å². The molecule has 6 atom stereocenters. The van der Waals surface area contributed by atoms with Gasteiger partial charge in [-0.1, -0.05) is 30.3 Å². The number of ketones is 1. The van der Waals surface area contributed by atoms with Crippen molar-refractivity contribution in [3.8, 4) is 0 Å². The largest absolute Gasteiger partial charge is 0.465 e. The third kappa shape index (κ3) is 8.84.